The predicted octanol–water partition coefficient (Wildman–Crippen LogP) is 4.72. The van der Waals surface area contributed by atoms with Crippen molar-refractivity contribution < 1.29 is 9.63 Å². The minimum atomic E-state index is -0.305. The van der Waals surface area contributed by atoms with Gasteiger partial charge in [-0.1, -0.05) is 46.6 Å². The van der Waals surface area contributed by atoms with E-state index in [0.717, 1.165) is 16.8 Å². The van der Waals surface area contributed by atoms with Gasteiger partial charge in [-0.25, -0.2) is 0 Å². The first-order valence-corrected chi connectivity index (χ1v) is 8.25. The largest absolute Gasteiger partial charge is 0.396 e. The Hall–Kier alpha value is -2.01. The standard InChI is InChI=1S/C18H16Cl2N2O2/c19-13-5-7-14(8-6-13)21-18(15-3-1-2-4-16(15)20)17-12(9-10-23)11-24-22-17/h1-8,11,18,21,23H,9-10H2. The van der Waals surface area contributed by atoms with Gasteiger partial charge in [0.05, 0.1) is 6.04 Å². The SMILES string of the molecule is OCCc1conc1C(Nc1ccc(Cl)cc1)c1ccccc1Cl. The summed E-state index contributed by atoms with van der Waals surface area (Å²) in [6.07, 6.45) is 2.01. The van der Waals surface area contributed by atoms with Crippen molar-refractivity contribution in [1.29, 1.82) is 0 Å². The molecule has 3 rings (SSSR count). The summed E-state index contributed by atoms with van der Waals surface area (Å²) in [5.74, 6) is 0. The van der Waals surface area contributed by atoms with Crippen molar-refractivity contribution in [3.05, 3.63) is 81.7 Å². The van der Waals surface area contributed by atoms with Crippen LogP contribution in [0.1, 0.15) is 22.9 Å². The molecule has 24 heavy (non-hydrogen) atoms. The molecule has 3 aromatic rings. The van der Waals surface area contributed by atoms with E-state index in [0.29, 0.717) is 22.2 Å². The van der Waals surface area contributed by atoms with Crippen LogP contribution in [0.3, 0.4) is 0 Å². The average Bonchev–Trinajstić information content (AvgIpc) is 3.04. The van der Waals surface area contributed by atoms with Crippen LogP contribution < -0.4 is 5.32 Å². The van der Waals surface area contributed by atoms with Crippen LogP contribution >= 0.6 is 23.2 Å². The minimum Gasteiger partial charge on any atom is -0.396 e. The Morgan fingerprint density at radius 2 is 1.83 bits per heavy atom. The maximum atomic E-state index is 9.26. The van der Waals surface area contributed by atoms with Crippen LogP contribution in [0.4, 0.5) is 5.69 Å². The summed E-state index contributed by atoms with van der Waals surface area (Å²) in [7, 11) is 0. The first-order valence-electron chi connectivity index (χ1n) is 7.49. The van der Waals surface area contributed by atoms with E-state index in [9.17, 15) is 5.11 Å². The summed E-state index contributed by atoms with van der Waals surface area (Å²) in [4.78, 5) is 0. The van der Waals surface area contributed by atoms with Crippen molar-refractivity contribution in [3.8, 4) is 0 Å². The maximum Gasteiger partial charge on any atom is 0.127 e. The van der Waals surface area contributed by atoms with Gasteiger partial charge in [-0.2, -0.15) is 0 Å². The van der Waals surface area contributed by atoms with Crippen LogP contribution in [0.25, 0.3) is 0 Å². The van der Waals surface area contributed by atoms with Gasteiger partial charge in [-0.15, -0.1) is 0 Å². The van der Waals surface area contributed by atoms with Crippen molar-refractivity contribution in [2.45, 2.75) is 12.5 Å². The molecule has 2 aromatic carbocycles. The summed E-state index contributed by atoms with van der Waals surface area (Å²) in [5.41, 5.74) is 3.29. The molecule has 0 spiro atoms. The number of aliphatic hydroxyl groups is 1. The molecule has 0 saturated carbocycles. The van der Waals surface area contributed by atoms with E-state index in [-0.39, 0.29) is 12.6 Å². The number of aliphatic hydroxyl groups excluding tert-OH is 1. The third kappa shape index (κ3) is 3.73. The predicted molar refractivity (Wildman–Crippen MR) is 95.7 cm³/mol. The Balaban J connectivity index is 2.02. The summed E-state index contributed by atoms with van der Waals surface area (Å²) < 4.78 is 5.13. The van der Waals surface area contributed by atoms with Gasteiger partial charge in [0, 0.05) is 34.3 Å². The second kappa shape index (κ2) is 7.71. The zero-order valence-electron chi connectivity index (χ0n) is 12.7. The van der Waals surface area contributed by atoms with Crippen LogP contribution in [0.2, 0.25) is 10.0 Å². The smallest absolute Gasteiger partial charge is 0.127 e. The lowest BCUT2D eigenvalue weighted by Gasteiger charge is -2.20. The molecular weight excluding hydrogens is 347 g/mol. The highest BCUT2D eigenvalue weighted by molar-refractivity contribution is 6.31. The molecule has 0 radical (unpaired) electrons. The van der Waals surface area contributed by atoms with Gasteiger partial charge in [-0.3, -0.25) is 0 Å². The molecule has 0 bridgehead atoms. The molecule has 124 valence electrons. The number of hydrogen-bond donors (Lipinski definition) is 2. The third-order valence-electron chi connectivity index (χ3n) is 3.70. The summed E-state index contributed by atoms with van der Waals surface area (Å²) in [5, 5.41) is 18.1. The van der Waals surface area contributed by atoms with E-state index in [4.69, 9.17) is 27.7 Å². The molecule has 1 heterocycles. The lowest BCUT2D eigenvalue weighted by molar-refractivity contribution is 0.299. The molecular formula is C18H16Cl2N2O2. The van der Waals surface area contributed by atoms with Crippen LogP contribution in [-0.2, 0) is 6.42 Å². The quantitative estimate of drug-likeness (QED) is 0.666. The highest BCUT2D eigenvalue weighted by atomic mass is 35.5. The van der Waals surface area contributed by atoms with E-state index in [1.54, 1.807) is 6.26 Å². The first-order chi connectivity index (χ1) is 11.7. The van der Waals surface area contributed by atoms with Gasteiger partial charge in [0.15, 0.2) is 0 Å². The zero-order chi connectivity index (χ0) is 16.9. The molecule has 6 heteroatoms. The Kier molecular flexibility index (Phi) is 5.41. The van der Waals surface area contributed by atoms with Crippen LogP contribution in [0.5, 0.6) is 0 Å². The Morgan fingerprint density at radius 1 is 1.08 bits per heavy atom. The van der Waals surface area contributed by atoms with Crippen LogP contribution in [0, 0.1) is 0 Å². The van der Waals surface area contributed by atoms with E-state index in [1.165, 1.54) is 0 Å². The van der Waals surface area contributed by atoms with Crippen molar-refractivity contribution in [1.82, 2.24) is 5.16 Å². The van der Waals surface area contributed by atoms with E-state index in [1.807, 2.05) is 48.5 Å². The van der Waals surface area contributed by atoms with Crippen molar-refractivity contribution in [2.24, 2.45) is 0 Å². The van der Waals surface area contributed by atoms with Gasteiger partial charge in [0.25, 0.3) is 0 Å². The first kappa shape index (κ1) is 16.8. The Bertz CT molecular complexity index is 803. The van der Waals surface area contributed by atoms with Crippen molar-refractivity contribution in [2.75, 3.05) is 11.9 Å². The fourth-order valence-corrected chi connectivity index (χ4v) is 2.90. The van der Waals surface area contributed by atoms with Gasteiger partial charge in [0.2, 0.25) is 0 Å². The minimum absolute atomic E-state index is 0.0183. The number of rotatable bonds is 6. The molecule has 0 aliphatic rings. The second-order valence-electron chi connectivity index (χ2n) is 5.30. The molecule has 1 unspecified atom stereocenters. The molecule has 0 amide bonds. The van der Waals surface area contributed by atoms with Gasteiger partial charge >= 0.3 is 0 Å². The lowest BCUT2D eigenvalue weighted by atomic mass is 9.99. The molecule has 0 saturated heterocycles. The molecule has 2 N–H and O–H groups in total. The fourth-order valence-electron chi connectivity index (χ4n) is 2.53. The van der Waals surface area contributed by atoms with Crippen molar-refractivity contribution >= 4 is 28.9 Å². The van der Waals surface area contributed by atoms with E-state index < -0.39 is 0 Å². The molecule has 1 aromatic heterocycles. The average molecular weight is 363 g/mol. The molecule has 0 fully saturated rings. The molecule has 0 aliphatic carbocycles. The topological polar surface area (TPSA) is 58.3 Å². The van der Waals surface area contributed by atoms with E-state index in [2.05, 4.69) is 10.5 Å². The lowest BCUT2D eigenvalue weighted by Crippen LogP contribution is -2.15. The number of anilines is 1. The summed E-state index contributed by atoms with van der Waals surface area (Å²) >= 11 is 12.3. The fraction of sp³-hybridized carbons (Fsp3) is 0.167. The van der Waals surface area contributed by atoms with Gasteiger partial charge < -0.3 is 14.9 Å². The Labute approximate surface area is 150 Å². The van der Waals surface area contributed by atoms with Crippen LogP contribution in [-0.4, -0.2) is 16.9 Å². The summed E-state index contributed by atoms with van der Waals surface area (Å²) in [6.45, 7) is 0.0183. The second-order valence-corrected chi connectivity index (χ2v) is 6.15. The number of hydrogen-bond acceptors (Lipinski definition) is 4. The molecule has 0 aliphatic heterocycles. The number of nitrogens with one attached hydrogen (secondary N) is 1. The normalized spacial score (nSPS) is 12.1. The molecule has 4 nitrogen and oxygen atoms in total. The zero-order valence-corrected chi connectivity index (χ0v) is 14.3. The maximum absolute atomic E-state index is 9.26. The number of benzene rings is 2. The van der Waals surface area contributed by atoms with E-state index >= 15 is 0 Å². The van der Waals surface area contributed by atoms with Gasteiger partial charge in [-0.05, 0) is 35.9 Å². The van der Waals surface area contributed by atoms with Crippen molar-refractivity contribution in [3.63, 3.8) is 0 Å². The number of aromatic nitrogens is 1. The highest BCUT2D eigenvalue weighted by Crippen LogP contribution is 2.32. The monoisotopic (exact) mass is 362 g/mol. The highest BCUT2D eigenvalue weighted by Gasteiger charge is 2.23. The summed E-state index contributed by atoms with van der Waals surface area (Å²) in [6, 6.07) is 14.7. The molecule has 1 atom stereocenters. The number of halogens is 2. The van der Waals surface area contributed by atoms with Gasteiger partial charge in [0.1, 0.15) is 12.0 Å². The van der Waals surface area contributed by atoms with Crippen LogP contribution in [0.15, 0.2) is 59.3 Å². The Morgan fingerprint density at radius 3 is 2.54 bits per heavy atom. The number of nitrogens with zero attached hydrogens (tertiary/aromatic N) is 1. The third-order valence-corrected chi connectivity index (χ3v) is 4.30.